The Labute approximate surface area is 198 Å². The molecule has 1 aliphatic heterocycles. The molecule has 0 aliphatic carbocycles. The van der Waals surface area contributed by atoms with Crippen LogP contribution >= 0.6 is 0 Å². The Kier molecular flexibility index (Phi) is 7.37. The second kappa shape index (κ2) is 10.6. The third-order valence-electron chi connectivity index (χ3n) is 5.12. The van der Waals surface area contributed by atoms with Gasteiger partial charge in [0.05, 0.1) is 37.3 Å². The van der Waals surface area contributed by atoms with Crippen molar-refractivity contribution in [2.45, 2.75) is 13.2 Å². The number of aromatic nitrogens is 2. The molecule has 4 rings (SSSR count). The highest BCUT2D eigenvalue weighted by Crippen LogP contribution is 2.31. The fourth-order valence-electron chi connectivity index (χ4n) is 3.42. The Bertz CT molecular complexity index is 1230. The van der Waals surface area contributed by atoms with Crippen LogP contribution in [0.15, 0.2) is 48.8 Å². The van der Waals surface area contributed by atoms with Gasteiger partial charge >= 0.3 is 5.97 Å². The maximum Gasteiger partial charge on any atom is 0.302 e. The number of hydrogen-bond donors (Lipinski definition) is 1. The highest BCUT2D eigenvalue weighted by molar-refractivity contribution is 6.03. The van der Waals surface area contributed by atoms with Crippen molar-refractivity contribution >= 4 is 17.6 Å². The van der Waals surface area contributed by atoms with E-state index in [0.717, 1.165) is 30.3 Å². The highest BCUT2D eigenvalue weighted by Gasteiger charge is 2.27. The molecule has 182 valence electrons. The van der Waals surface area contributed by atoms with Crippen LogP contribution in [0.5, 0.6) is 0 Å². The fraction of sp³-hybridized carbons (Fsp3) is 0.250. The van der Waals surface area contributed by atoms with Crippen molar-refractivity contribution in [1.29, 1.82) is 0 Å². The van der Waals surface area contributed by atoms with E-state index in [0.29, 0.717) is 5.56 Å². The lowest BCUT2D eigenvalue weighted by molar-refractivity contribution is -0.211. The zero-order valence-corrected chi connectivity index (χ0v) is 18.5. The van der Waals surface area contributed by atoms with E-state index in [2.05, 4.69) is 15.3 Å². The first-order valence-electron chi connectivity index (χ1n) is 10.6. The minimum Gasteiger partial charge on any atom is -0.465 e. The fourth-order valence-corrected chi connectivity index (χ4v) is 3.42. The first-order chi connectivity index (χ1) is 16.8. The molecule has 0 saturated carbocycles. The molecule has 1 N–H and O–H groups in total. The maximum atomic E-state index is 14.3. The van der Waals surface area contributed by atoms with Crippen molar-refractivity contribution in [2.75, 3.05) is 25.1 Å². The third kappa shape index (κ3) is 5.64. The van der Waals surface area contributed by atoms with Gasteiger partial charge in [0.1, 0.15) is 28.8 Å². The Hall–Kier alpha value is -3.83. The zero-order chi connectivity index (χ0) is 24.9. The molecule has 1 aliphatic rings. The van der Waals surface area contributed by atoms with E-state index in [1.54, 1.807) is 6.07 Å². The smallest absolute Gasteiger partial charge is 0.302 e. The predicted octanol–water partition coefficient (Wildman–Crippen LogP) is 4.04. The zero-order valence-electron chi connectivity index (χ0n) is 18.5. The van der Waals surface area contributed by atoms with Gasteiger partial charge in [0, 0.05) is 24.6 Å². The summed E-state index contributed by atoms with van der Waals surface area (Å²) in [5.74, 6) is -4.32. The summed E-state index contributed by atoms with van der Waals surface area (Å²) in [5, 5.41) is 2.60. The SMILES string of the molecule is CC(=O)OCC1COC(c2ccncc2NC(=O)c2ccc(F)c(-c3c(F)cccc3F)n2)OC1. The van der Waals surface area contributed by atoms with E-state index in [1.807, 2.05) is 0 Å². The molecule has 11 heteroatoms. The van der Waals surface area contributed by atoms with Crippen LogP contribution in [0.1, 0.15) is 29.3 Å². The lowest BCUT2D eigenvalue weighted by Gasteiger charge is -2.30. The summed E-state index contributed by atoms with van der Waals surface area (Å²) < 4.78 is 59.1. The van der Waals surface area contributed by atoms with E-state index in [-0.39, 0.29) is 37.1 Å². The van der Waals surface area contributed by atoms with Gasteiger partial charge in [-0.3, -0.25) is 14.6 Å². The topological polar surface area (TPSA) is 99.6 Å². The number of nitrogens with one attached hydrogen (secondary N) is 1. The number of hydrogen-bond acceptors (Lipinski definition) is 7. The van der Waals surface area contributed by atoms with Crippen molar-refractivity contribution in [1.82, 2.24) is 9.97 Å². The number of carbonyl (C=O) groups is 2. The first kappa shape index (κ1) is 24.3. The summed E-state index contributed by atoms with van der Waals surface area (Å²) in [6.07, 6.45) is 2.02. The molecule has 3 aromatic rings. The van der Waals surface area contributed by atoms with E-state index in [1.165, 1.54) is 19.3 Å². The van der Waals surface area contributed by atoms with Gasteiger partial charge in [-0.25, -0.2) is 18.2 Å². The lowest BCUT2D eigenvalue weighted by Crippen LogP contribution is -2.31. The van der Waals surface area contributed by atoms with Gasteiger partial charge in [-0.1, -0.05) is 6.07 Å². The monoisotopic (exact) mass is 487 g/mol. The molecule has 1 amide bonds. The quantitative estimate of drug-likeness (QED) is 0.524. The minimum absolute atomic E-state index is 0.143. The molecule has 1 fully saturated rings. The van der Waals surface area contributed by atoms with Crippen molar-refractivity contribution in [3.63, 3.8) is 0 Å². The molecule has 0 spiro atoms. The number of amides is 1. The molecular weight excluding hydrogens is 467 g/mol. The number of anilines is 1. The molecule has 0 atom stereocenters. The van der Waals surface area contributed by atoms with Crippen molar-refractivity contribution in [3.05, 3.63) is 77.5 Å². The third-order valence-corrected chi connectivity index (χ3v) is 5.12. The van der Waals surface area contributed by atoms with Crippen LogP contribution in [0.25, 0.3) is 11.3 Å². The van der Waals surface area contributed by atoms with E-state index in [4.69, 9.17) is 14.2 Å². The Balaban J connectivity index is 1.52. The highest BCUT2D eigenvalue weighted by atomic mass is 19.1. The molecule has 35 heavy (non-hydrogen) atoms. The number of rotatable bonds is 6. The van der Waals surface area contributed by atoms with Crippen molar-refractivity contribution < 1.29 is 37.0 Å². The average Bonchev–Trinajstić information content (AvgIpc) is 2.84. The maximum absolute atomic E-state index is 14.3. The summed E-state index contributed by atoms with van der Waals surface area (Å²) in [4.78, 5) is 31.7. The van der Waals surface area contributed by atoms with Gasteiger partial charge in [0.2, 0.25) is 0 Å². The molecule has 2 aromatic heterocycles. The summed E-state index contributed by atoms with van der Waals surface area (Å²) in [6.45, 7) is 1.98. The van der Waals surface area contributed by atoms with Gasteiger partial charge in [-0.15, -0.1) is 0 Å². The summed E-state index contributed by atoms with van der Waals surface area (Å²) in [7, 11) is 0. The minimum atomic E-state index is -1.01. The Morgan fingerprint density at radius 3 is 2.46 bits per heavy atom. The molecule has 0 radical (unpaired) electrons. The van der Waals surface area contributed by atoms with Crippen molar-refractivity contribution in [3.8, 4) is 11.3 Å². The van der Waals surface area contributed by atoms with Crippen LogP contribution in [0.3, 0.4) is 0 Å². The van der Waals surface area contributed by atoms with Crippen LogP contribution in [0, 0.1) is 23.4 Å². The lowest BCUT2D eigenvalue weighted by atomic mass is 10.1. The largest absolute Gasteiger partial charge is 0.465 e. The molecule has 0 unspecified atom stereocenters. The predicted molar refractivity (Wildman–Crippen MR) is 117 cm³/mol. The van der Waals surface area contributed by atoms with Gasteiger partial charge in [-0.05, 0) is 30.3 Å². The normalized spacial score (nSPS) is 17.6. The summed E-state index contributed by atoms with van der Waals surface area (Å²) in [5.41, 5.74) is -0.871. The molecule has 1 saturated heterocycles. The number of nitrogens with zero attached hydrogens (tertiary/aromatic N) is 2. The van der Waals surface area contributed by atoms with E-state index in [9.17, 15) is 22.8 Å². The van der Waals surface area contributed by atoms with Gasteiger partial charge in [0.15, 0.2) is 6.29 Å². The second-order valence-corrected chi connectivity index (χ2v) is 7.71. The van der Waals surface area contributed by atoms with Crippen LogP contribution in [0.2, 0.25) is 0 Å². The van der Waals surface area contributed by atoms with Crippen LogP contribution < -0.4 is 5.32 Å². The number of benzene rings is 1. The molecule has 3 heterocycles. The molecule has 0 bridgehead atoms. The molecular formula is C24H20F3N3O5. The Morgan fingerprint density at radius 2 is 1.77 bits per heavy atom. The van der Waals surface area contributed by atoms with Crippen LogP contribution in [0.4, 0.5) is 18.9 Å². The van der Waals surface area contributed by atoms with Gasteiger partial charge in [-0.2, -0.15) is 0 Å². The average molecular weight is 487 g/mol. The van der Waals surface area contributed by atoms with E-state index >= 15 is 0 Å². The van der Waals surface area contributed by atoms with Crippen LogP contribution in [-0.4, -0.2) is 41.7 Å². The van der Waals surface area contributed by atoms with Crippen molar-refractivity contribution in [2.24, 2.45) is 5.92 Å². The van der Waals surface area contributed by atoms with Gasteiger partial charge in [0.25, 0.3) is 5.91 Å². The van der Waals surface area contributed by atoms with Gasteiger partial charge < -0.3 is 19.5 Å². The molecule has 8 nitrogen and oxygen atoms in total. The standard InChI is InChI=1S/C24H20F3N3O5/c1-13(31)33-10-14-11-34-24(35-12-14)15-7-8-28-9-20(15)30-23(32)19-6-5-18(27)22(29-19)21-16(25)3-2-4-17(21)26/h2-9,14,24H,10-12H2,1H3,(H,30,32). The summed E-state index contributed by atoms with van der Waals surface area (Å²) in [6, 6.07) is 6.66. The molecule has 1 aromatic carbocycles. The second-order valence-electron chi connectivity index (χ2n) is 7.71. The number of halogens is 3. The number of esters is 1. The number of pyridine rings is 2. The Morgan fingerprint density at radius 1 is 1.06 bits per heavy atom. The van der Waals surface area contributed by atoms with E-state index < -0.39 is 46.9 Å². The van der Waals surface area contributed by atoms with Crippen LogP contribution in [-0.2, 0) is 19.0 Å². The number of carbonyl (C=O) groups excluding carboxylic acids is 2. The summed E-state index contributed by atoms with van der Waals surface area (Å²) >= 11 is 0. The number of ether oxygens (including phenoxy) is 3. The first-order valence-corrected chi connectivity index (χ1v) is 10.6.